The maximum atomic E-state index is 13.0. The summed E-state index contributed by atoms with van der Waals surface area (Å²) in [5, 5.41) is 5.20. The lowest BCUT2D eigenvalue weighted by atomic mass is 9.93. The maximum Gasteiger partial charge on any atom is 0.416 e. The zero-order valence-electron chi connectivity index (χ0n) is 22.7. The minimum Gasteiger partial charge on any atom is -0.350 e. The molecule has 0 unspecified atom stereocenters. The fraction of sp³-hybridized carbons (Fsp3) is 0.483. The number of nitrogens with zero attached hydrogens (tertiary/aromatic N) is 2. The van der Waals surface area contributed by atoms with E-state index < -0.39 is 41.2 Å². The fourth-order valence-corrected chi connectivity index (χ4v) is 5.33. The van der Waals surface area contributed by atoms with Gasteiger partial charge in [0, 0.05) is 43.3 Å². The molecular weight excluding hydrogens is 566 g/mol. The second-order valence-electron chi connectivity index (χ2n) is 10.7. The molecule has 1 atom stereocenters. The van der Waals surface area contributed by atoms with Crippen molar-refractivity contribution >= 4 is 17.7 Å². The highest BCUT2D eigenvalue weighted by Gasteiger charge is 2.33. The molecule has 2 aliphatic rings. The predicted octanol–water partition coefficient (Wildman–Crippen LogP) is 4.59. The van der Waals surface area contributed by atoms with Crippen LogP contribution in [0.2, 0.25) is 0 Å². The van der Waals surface area contributed by atoms with Crippen molar-refractivity contribution in [2.45, 2.75) is 44.1 Å². The molecule has 2 fully saturated rings. The third-order valence-corrected chi connectivity index (χ3v) is 7.69. The van der Waals surface area contributed by atoms with E-state index in [-0.39, 0.29) is 23.7 Å². The first-order valence-electron chi connectivity index (χ1n) is 13.7. The highest BCUT2D eigenvalue weighted by molar-refractivity contribution is 5.96. The van der Waals surface area contributed by atoms with Gasteiger partial charge in [-0.05, 0) is 74.5 Å². The zero-order valence-corrected chi connectivity index (χ0v) is 22.7. The zero-order chi connectivity index (χ0) is 30.5. The first-order chi connectivity index (χ1) is 19.8. The summed E-state index contributed by atoms with van der Waals surface area (Å²) in [6.07, 6.45) is -5.97. The lowest BCUT2D eigenvalue weighted by molar-refractivity contribution is -0.138. The van der Waals surface area contributed by atoms with Crippen molar-refractivity contribution in [1.29, 1.82) is 0 Å². The molecule has 2 aliphatic heterocycles. The van der Waals surface area contributed by atoms with Crippen molar-refractivity contribution in [3.63, 3.8) is 0 Å². The monoisotopic (exact) mass is 598 g/mol. The third kappa shape index (κ3) is 8.46. The summed E-state index contributed by atoms with van der Waals surface area (Å²) in [5.74, 6) is -1.23. The molecule has 0 saturated carbocycles. The molecule has 3 amide bonds. The van der Waals surface area contributed by atoms with E-state index in [1.807, 2.05) is 0 Å². The molecule has 2 N–H and O–H groups in total. The lowest BCUT2D eigenvalue weighted by Crippen LogP contribution is -2.43. The summed E-state index contributed by atoms with van der Waals surface area (Å²) < 4.78 is 77.6. The van der Waals surface area contributed by atoms with Gasteiger partial charge >= 0.3 is 12.4 Å². The van der Waals surface area contributed by atoms with Crippen molar-refractivity contribution in [3.8, 4) is 0 Å². The van der Waals surface area contributed by atoms with E-state index in [9.17, 15) is 40.7 Å². The van der Waals surface area contributed by atoms with Crippen LogP contribution in [0.1, 0.15) is 57.5 Å². The van der Waals surface area contributed by atoms with Gasteiger partial charge in [0.05, 0.1) is 17.7 Å². The van der Waals surface area contributed by atoms with E-state index in [1.165, 1.54) is 18.2 Å². The second-order valence-corrected chi connectivity index (χ2v) is 10.7. The number of hydrogen-bond donors (Lipinski definition) is 2. The molecule has 2 saturated heterocycles. The molecule has 7 nitrogen and oxygen atoms in total. The molecule has 0 bridgehead atoms. The number of nitrogens with one attached hydrogen (secondary N) is 2. The van der Waals surface area contributed by atoms with E-state index >= 15 is 0 Å². The SMILES string of the molecule is O=C(CNC(=O)c1cccc(C(F)(F)F)c1)N[C@@H]1CCN(CCC2CCN(C(=O)c3cccc(C(F)(F)F)c3)CC2)C1. The molecule has 0 aliphatic carbocycles. The molecule has 2 aromatic carbocycles. The molecule has 42 heavy (non-hydrogen) atoms. The van der Waals surface area contributed by atoms with Crippen LogP contribution in [0.15, 0.2) is 48.5 Å². The summed E-state index contributed by atoms with van der Waals surface area (Å²) in [6.45, 7) is 2.79. The Morgan fingerprint density at radius 2 is 1.40 bits per heavy atom. The molecule has 2 heterocycles. The van der Waals surface area contributed by atoms with Gasteiger partial charge in [-0.3, -0.25) is 14.4 Å². The average Bonchev–Trinajstić information content (AvgIpc) is 3.41. The average molecular weight is 599 g/mol. The topological polar surface area (TPSA) is 81.8 Å². The quantitative estimate of drug-likeness (QED) is 0.436. The van der Waals surface area contributed by atoms with E-state index in [4.69, 9.17) is 0 Å². The summed E-state index contributed by atoms with van der Waals surface area (Å²) in [6, 6.07) is 8.34. The number of rotatable bonds is 8. The Bertz CT molecular complexity index is 1270. The number of amides is 3. The van der Waals surface area contributed by atoms with Gasteiger partial charge in [0.2, 0.25) is 5.91 Å². The van der Waals surface area contributed by atoms with Crippen LogP contribution in [0.3, 0.4) is 0 Å². The van der Waals surface area contributed by atoms with Crippen molar-refractivity contribution in [1.82, 2.24) is 20.4 Å². The number of halogens is 6. The number of alkyl halides is 6. The summed E-state index contributed by atoms with van der Waals surface area (Å²) >= 11 is 0. The van der Waals surface area contributed by atoms with Gasteiger partial charge in [-0.1, -0.05) is 12.1 Å². The fourth-order valence-electron chi connectivity index (χ4n) is 5.33. The highest BCUT2D eigenvalue weighted by atomic mass is 19.4. The molecule has 2 aromatic rings. The maximum absolute atomic E-state index is 13.0. The van der Waals surface area contributed by atoms with Gasteiger partial charge in [-0.15, -0.1) is 0 Å². The highest BCUT2D eigenvalue weighted by Crippen LogP contribution is 2.31. The number of likely N-dealkylation sites (tertiary alicyclic amines) is 2. The normalized spacial score (nSPS) is 18.6. The van der Waals surface area contributed by atoms with Crippen LogP contribution in [0.4, 0.5) is 26.3 Å². The molecular formula is C29H32F6N4O3. The largest absolute Gasteiger partial charge is 0.416 e. The van der Waals surface area contributed by atoms with Gasteiger partial charge in [0.25, 0.3) is 11.8 Å². The van der Waals surface area contributed by atoms with Crippen LogP contribution in [0, 0.1) is 5.92 Å². The Hall–Kier alpha value is -3.61. The standard InChI is InChI=1S/C29H32F6N4O3/c30-28(31,32)22-5-1-3-20(15-22)26(41)36-17-25(40)37-24-10-12-38(18-24)11-7-19-8-13-39(14-9-19)27(42)21-4-2-6-23(16-21)29(33,34)35/h1-6,15-16,19,24H,7-14,17-18H2,(H,36,41)(H,37,40)/t24-/m1/s1. The minimum atomic E-state index is -4.58. The van der Waals surface area contributed by atoms with Crippen LogP contribution in [0.5, 0.6) is 0 Å². The second kappa shape index (κ2) is 13.1. The smallest absolute Gasteiger partial charge is 0.350 e. The number of hydrogen-bond acceptors (Lipinski definition) is 4. The number of carbonyl (C=O) groups is 3. The van der Waals surface area contributed by atoms with Gasteiger partial charge in [-0.25, -0.2) is 0 Å². The van der Waals surface area contributed by atoms with Crippen LogP contribution in [0.25, 0.3) is 0 Å². The molecule has 228 valence electrons. The Morgan fingerprint density at radius 3 is 2.02 bits per heavy atom. The van der Waals surface area contributed by atoms with E-state index in [2.05, 4.69) is 15.5 Å². The van der Waals surface area contributed by atoms with Crippen molar-refractivity contribution < 1.29 is 40.7 Å². The van der Waals surface area contributed by atoms with Crippen LogP contribution >= 0.6 is 0 Å². The number of carbonyl (C=O) groups excluding carboxylic acids is 3. The minimum absolute atomic E-state index is 0.0312. The third-order valence-electron chi connectivity index (χ3n) is 7.69. The first kappa shape index (κ1) is 31.3. The van der Waals surface area contributed by atoms with Crippen molar-refractivity contribution in [3.05, 3.63) is 70.8 Å². The number of piperidine rings is 1. The predicted molar refractivity (Wildman–Crippen MR) is 141 cm³/mol. The first-order valence-corrected chi connectivity index (χ1v) is 13.7. The Kier molecular flexibility index (Phi) is 9.80. The summed E-state index contributed by atoms with van der Waals surface area (Å²) in [5.41, 5.74) is -1.94. The van der Waals surface area contributed by atoms with E-state index in [1.54, 1.807) is 4.90 Å². The van der Waals surface area contributed by atoms with Crippen LogP contribution < -0.4 is 10.6 Å². The van der Waals surface area contributed by atoms with Gasteiger partial charge in [0.1, 0.15) is 0 Å². The van der Waals surface area contributed by atoms with Gasteiger partial charge < -0.3 is 20.4 Å². The van der Waals surface area contributed by atoms with Crippen molar-refractivity contribution in [2.24, 2.45) is 5.92 Å². The lowest BCUT2D eigenvalue weighted by Gasteiger charge is -2.33. The van der Waals surface area contributed by atoms with Crippen molar-refractivity contribution in [2.75, 3.05) is 39.3 Å². The van der Waals surface area contributed by atoms with E-state index in [0.717, 1.165) is 69.1 Å². The van der Waals surface area contributed by atoms with Gasteiger partial charge in [0.15, 0.2) is 0 Å². The summed E-state index contributed by atoms with van der Waals surface area (Å²) in [4.78, 5) is 41.1. The van der Waals surface area contributed by atoms with E-state index in [0.29, 0.717) is 25.6 Å². The summed E-state index contributed by atoms with van der Waals surface area (Å²) in [7, 11) is 0. The molecule has 0 radical (unpaired) electrons. The van der Waals surface area contributed by atoms with Gasteiger partial charge in [-0.2, -0.15) is 26.3 Å². The molecule has 0 spiro atoms. The molecule has 0 aromatic heterocycles. The van der Waals surface area contributed by atoms with Crippen LogP contribution in [-0.2, 0) is 17.1 Å². The molecule has 13 heteroatoms. The van der Waals surface area contributed by atoms with Crippen LogP contribution in [-0.4, -0.2) is 72.8 Å². The Labute approximate surface area is 239 Å². The Balaban J connectivity index is 1.14. The Morgan fingerprint density at radius 1 is 0.810 bits per heavy atom. The number of benzene rings is 2. The molecule has 4 rings (SSSR count).